The predicted molar refractivity (Wildman–Crippen MR) is 98.9 cm³/mol. The van der Waals surface area contributed by atoms with Crippen LogP contribution in [0.4, 0.5) is 5.69 Å². The summed E-state index contributed by atoms with van der Waals surface area (Å²) in [6.07, 6.45) is 3.44. The van der Waals surface area contributed by atoms with Crippen molar-refractivity contribution in [3.8, 4) is 22.8 Å². The van der Waals surface area contributed by atoms with Gasteiger partial charge in [0.2, 0.25) is 0 Å². The highest BCUT2D eigenvalue weighted by Gasteiger charge is 2.16. The highest BCUT2D eigenvalue weighted by Crippen LogP contribution is 2.34. The van der Waals surface area contributed by atoms with E-state index < -0.39 is 0 Å². The Hall–Kier alpha value is -3.17. The van der Waals surface area contributed by atoms with E-state index in [1.165, 1.54) is 0 Å². The summed E-state index contributed by atoms with van der Waals surface area (Å²) in [5, 5.41) is 4.50. The topological polar surface area (TPSA) is 43.8 Å². The number of rotatable bonds is 3. The number of halogens is 1. The lowest BCUT2D eigenvalue weighted by atomic mass is 10.1. The van der Waals surface area contributed by atoms with Gasteiger partial charge in [0.05, 0.1) is 11.0 Å². The molecule has 0 spiro atoms. The third-order valence-electron chi connectivity index (χ3n) is 3.64. The maximum absolute atomic E-state index is 7.47. The molecular formula is C19H11BrN4O. The maximum Gasteiger partial charge on any atom is 0.258 e. The molecule has 4 aromatic rings. The monoisotopic (exact) mass is 390 g/mol. The van der Waals surface area contributed by atoms with Gasteiger partial charge < -0.3 is 4.74 Å². The molecular weight excluding hydrogens is 380 g/mol. The molecule has 0 saturated heterocycles. The second-order valence-electron chi connectivity index (χ2n) is 5.29. The second-order valence-corrected chi connectivity index (χ2v) is 6.20. The molecule has 0 aliphatic rings. The molecule has 0 unspecified atom stereocenters. The molecule has 0 N–H and O–H groups in total. The number of hydrogen-bond donors (Lipinski definition) is 0. The largest absolute Gasteiger partial charge is 0.457 e. The Labute approximate surface area is 152 Å². The van der Waals surface area contributed by atoms with Gasteiger partial charge in [0.1, 0.15) is 17.2 Å². The molecule has 0 atom stereocenters. The normalized spacial score (nSPS) is 10.6. The van der Waals surface area contributed by atoms with Crippen LogP contribution in [0.2, 0.25) is 0 Å². The summed E-state index contributed by atoms with van der Waals surface area (Å²) < 4.78 is 8.21. The number of aromatic nitrogens is 3. The Morgan fingerprint density at radius 1 is 1.00 bits per heavy atom. The van der Waals surface area contributed by atoms with E-state index in [1.54, 1.807) is 16.9 Å². The van der Waals surface area contributed by atoms with Crippen LogP contribution in [0, 0.1) is 6.57 Å². The van der Waals surface area contributed by atoms with Gasteiger partial charge in [-0.2, -0.15) is 5.10 Å². The first kappa shape index (κ1) is 15.4. The van der Waals surface area contributed by atoms with Crippen LogP contribution in [0.15, 0.2) is 71.5 Å². The van der Waals surface area contributed by atoms with Crippen LogP contribution in [0.25, 0.3) is 21.7 Å². The van der Waals surface area contributed by atoms with Gasteiger partial charge in [0, 0.05) is 12.4 Å². The molecule has 5 nitrogen and oxygen atoms in total. The van der Waals surface area contributed by atoms with Gasteiger partial charge in [0.25, 0.3) is 5.69 Å². The lowest BCUT2D eigenvalue weighted by Crippen LogP contribution is -1.89. The van der Waals surface area contributed by atoms with Crippen molar-refractivity contribution in [3.63, 3.8) is 0 Å². The van der Waals surface area contributed by atoms with Crippen molar-refractivity contribution >= 4 is 27.3 Å². The van der Waals surface area contributed by atoms with E-state index in [-0.39, 0.29) is 0 Å². The fourth-order valence-electron chi connectivity index (χ4n) is 2.50. The van der Waals surface area contributed by atoms with E-state index in [2.05, 4.69) is 30.9 Å². The van der Waals surface area contributed by atoms with E-state index in [0.717, 1.165) is 21.5 Å². The summed E-state index contributed by atoms with van der Waals surface area (Å²) >= 11 is 3.37. The van der Waals surface area contributed by atoms with Crippen molar-refractivity contribution in [2.45, 2.75) is 0 Å². The second kappa shape index (κ2) is 6.38. The van der Waals surface area contributed by atoms with Gasteiger partial charge in [-0.3, -0.25) is 0 Å². The smallest absolute Gasteiger partial charge is 0.258 e. The molecule has 2 heterocycles. The molecule has 25 heavy (non-hydrogen) atoms. The third kappa shape index (κ3) is 2.97. The minimum atomic E-state index is 0.434. The summed E-state index contributed by atoms with van der Waals surface area (Å²) in [6, 6.07) is 17.1. The number of hydrogen-bond acceptors (Lipinski definition) is 3. The predicted octanol–water partition coefficient (Wildman–Crippen LogP) is 5.50. The van der Waals surface area contributed by atoms with E-state index in [1.807, 2.05) is 54.6 Å². The summed E-state index contributed by atoms with van der Waals surface area (Å²) in [4.78, 5) is 7.90. The number of ether oxygens (including phenoxy) is 1. The SMILES string of the molecule is [C-]#[N+]c1c(-c2ccc(Oc3ccccc3)cc2)nn2cc(Br)cnc12. The molecule has 0 fully saturated rings. The maximum atomic E-state index is 7.47. The molecule has 2 aromatic carbocycles. The Bertz CT molecular complexity index is 1080. The van der Waals surface area contributed by atoms with Crippen molar-refractivity contribution in [1.82, 2.24) is 14.6 Å². The molecule has 0 aliphatic heterocycles. The van der Waals surface area contributed by atoms with Crippen LogP contribution < -0.4 is 4.74 Å². The van der Waals surface area contributed by atoms with Gasteiger partial charge in [-0.1, -0.05) is 30.3 Å². The van der Waals surface area contributed by atoms with Gasteiger partial charge in [0.15, 0.2) is 5.65 Å². The summed E-state index contributed by atoms with van der Waals surface area (Å²) in [6.45, 7) is 7.47. The zero-order valence-electron chi connectivity index (χ0n) is 12.9. The van der Waals surface area contributed by atoms with Gasteiger partial charge in [-0.05, 0) is 45.8 Å². The molecule has 0 saturated carbocycles. The zero-order chi connectivity index (χ0) is 17.2. The van der Waals surface area contributed by atoms with Crippen molar-refractivity contribution in [3.05, 3.63) is 82.9 Å². The molecule has 120 valence electrons. The lowest BCUT2D eigenvalue weighted by Gasteiger charge is -2.06. The third-order valence-corrected chi connectivity index (χ3v) is 4.04. The first-order valence-electron chi connectivity index (χ1n) is 7.49. The van der Waals surface area contributed by atoms with Gasteiger partial charge in [-0.15, -0.1) is 0 Å². The fraction of sp³-hybridized carbons (Fsp3) is 0. The lowest BCUT2D eigenvalue weighted by molar-refractivity contribution is 0.483. The number of fused-ring (bicyclic) bond motifs is 1. The molecule has 0 radical (unpaired) electrons. The van der Waals surface area contributed by atoms with Crippen LogP contribution in [0.1, 0.15) is 0 Å². The average Bonchev–Trinajstić information content (AvgIpc) is 3.00. The molecule has 4 rings (SSSR count). The highest BCUT2D eigenvalue weighted by atomic mass is 79.9. The van der Waals surface area contributed by atoms with Crippen molar-refractivity contribution in [1.29, 1.82) is 0 Å². The summed E-state index contributed by atoms with van der Waals surface area (Å²) in [7, 11) is 0. The van der Waals surface area contributed by atoms with E-state index in [0.29, 0.717) is 17.0 Å². The highest BCUT2D eigenvalue weighted by molar-refractivity contribution is 9.10. The average molecular weight is 391 g/mol. The Balaban J connectivity index is 1.71. The minimum absolute atomic E-state index is 0.434. The van der Waals surface area contributed by atoms with Crippen LogP contribution in [-0.4, -0.2) is 14.6 Å². The van der Waals surface area contributed by atoms with Gasteiger partial charge >= 0.3 is 0 Å². The molecule has 0 aliphatic carbocycles. The Morgan fingerprint density at radius 2 is 1.72 bits per heavy atom. The van der Waals surface area contributed by atoms with Crippen LogP contribution >= 0.6 is 15.9 Å². The molecule has 2 aromatic heterocycles. The number of nitrogens with zero attached hydrogens (tertiary/aromatic N) is 4. The van der Waals surface area contributed by atoms with Crippen molar-refractivity contribution < 1.29 is 4.74 Å². The van der Waals surface area contributed by atoms with Crippen LogP contribution in [0.3, 0.4) is 0 Å². The zero-order valence-corrected chi connectivity index (χ0v) is 14.5. The minimum Gasteiger partial charge on any atom is -0.457 e. The number of benzene rings is 2. The molecule has 6 heteroatoms. The van der Waals surface area contributed by atoms with E-state index in [4.69, 9.17) is 11.3 Å². The summed E-state index contributed by atoms with van der Waals surface area (Å²) in [5.74, 6) is 1.50. The summed E-state index contributed by atoms with van der Waals surface area (Å²) in [5.41, 5.74) is 2.42. The Kier molecular flexibility index (Phi) is 3.92. The number of para-hydroxylation sites is 1. The molecule has 0 amide bonds. The quantitative estimate of drug-likeness (QED) is 0.433. The first-order valence-corrected chi connectivity index (χ1v) is 8.28. The fourth-order valence-corrected chi connectivity index (χ4v) is 2.80. The first-order chi connectivity index (χ1) is 12.2. The Morgan fingerprint density at radius 3 is 2.44 bits per heavy atom. The van der Waals surface area contributed by atoms with E-state index >= 15 is 0 Å². The van der Waals surface area contributed by atoms with E-state index in [9.17, 15) is 0 Å². The molecule has 0 bridgehead atoms. The van der Waals surface area contributed by atoms with Crippen LogP contribution in [0.5, 0.6) is 11.5 Å². The standard InChI is InChI=1S/C19H11BrN4O/c1-21-18-17(23-24-12-14(20)11-22-19(18)24)13-7-9-16(10-8-13)25-15-5-3-2-4-6-15/h2-12H. The van der Waals surface area contributed by atoms with Gasteiger partial charge in [-0.25, -0.2) is 14.3 Å². The van der Waals surface area contributed by atoms with Crippen molar-refractivity contribution in [2.24, 2.45) is 0 Å². The van der Waals surface area contributed by atoms with Crippen molar-refractivity contribution in [2.75, 3.05) is 0 Å². The van der Waals surface area contributed by atoms with Crippen LogP contribution in [-0.2, 0) is 0 Å².